The number of urea groups is 1. The van der Waals surface area contributed by atoms with E-state index < -0.39 is 56.8 Å². The molecule has 3 amide bonds. The third-order valence-corrected chi connectivity index (χ3v) is 6.01. The van der Waals surface area contributed by atoms with Crippen molar-refractivity contribution in [2.45, 2.75) is 9.96 Å². The summed E-state index contributed by atoms with van der Waals surface area (Å²) in [4.78, 5) is 32.2. The Balaban J connectivity index is 1.98. The van der Waals surface area contributed by atoms with Gasteiger partial charge in [-0.3, -0.25) is 9.69 Å². The molecule has 1 heterocycles. The van der Waals surface area contributed by atoms with E-state index in [2.05, 4.69) is 4.99 Å². The van der Waals surface area contributed by atoms with Crippen molar-refractivity contribution in [3.63, 3.8) is 0 Å². The van der Waals surface area contributed by atoms with Gasteiger partial charge in [-0.05, 0) is 36.4 Å². The first kappa shape index (κ1) is 27.6. The number of carbonyl (C=O) groups excluding carboxylic acids is 2. The van der Waals surface area contributed by atoms with Crippen molar-refractivity contribution in [2.24, 2.45) is 4.99 Å². The van der Waals surface area contributed by atoms with E-state index in [9.17, 15) is 31.5 Å². The second-order valence-electron chi connectivity index (χ2n) is 7.87. The molecule has 0 saturated carbocycles. The predicted molar refractivity (Wildman–Crippen MR) is 133 cm³/mol. The second-order valence-corrected chi connectivity index (χ2v) is 10.2. The minimum absolute atomic E-state index is 0.252. The maximum absolute atomic E-state index is 14.6. The van der Waals surface area contributed by atoms with Gasteiger partial charge in [0.1, 0.15) is 5.82 Å². The standard InChI is InChI=1S/C24H14Cl3F5N4O2/c1-34-21(37)20(36(23(34)38)19-5-3-2-4-16(19)30)33-22(24(25,26)27)35(12-6-8-14(28)17(31)10-12)13-7-9-15(29)18(32)11-13/h2-11,22H,1H3/b33-20+. The van der Waals surface area contributed by atoms with Crippen LogP contribution in [0, 0.1) is 29.1 Å². The Morgan fingerprint density at radius 2 is 1.32 bits per heavy atom. The van der Waals surface area contributed by atoms with Crippen molar-refractivity contribution in [2.75, 3.05) is 16.8 Å². The molecule has 1 aliphatic heterocycles. The molecular weight excluding hydrogens is 578 g/mol. The highest BCUT2D eigenvalue weighted by Gasteiger charge is 2.46. The van der Waals surface area contributed by atoms with Crippen LogP contribution in [-0.2, 0) is 4.79 Å². The molecule has 38 heavy (non-hydrogen) atoms. The number of nitrogens with zero attached hydrogens (tertiary/aromatic N) is 4. The maximum atomic E-state index is 14.6. The van der Waals surface area contributed by atoms with Crippen molar-refractivity contribution >= 4 is 69.6 Å². The normalized spacial score (nSPS) is 16.0. The lowest BCUT2D eigenvalue weighted by atomic mass is 10.2. The van der Waals surface area contributed by atoms with Gasteiger partial charge >= 0.3 is 6.03 Å². The molecule has 0 N–H and O–H groups in total. The summed E-state index contributed by atoms with van der Waals surface area (Å²) in [6.07, 6.45) is -1.89. The van der Waals surface area contributed by atoms with Gasteiger partial charge in [0.15, 0.2) is 29.4 Å². The van der Waals surface area contributed by atoms with E-state index in [1.54, 1.807) is 0 Å². The Bertz CT molecular complexity index is 1420. The molecule has 1 atom stereocenters. The van der Waals surface area contributed by atoms with Gasteiger partial charge in [0.2, 0.25) is 9.63 Å². The molecule has 3 aromatic carbocycles. The number of carbonyl (C=O) groups is 2. The number of benzene rings is 3. The minimum Gasteiger partial charge on any atom is -0.315 e. The first-order valence-corrected chi connectivity index (χ1v) is 11.6. The average Bonchev–Trinajstić information content (AvgIpc) is 3.06. The first-order chi connectivity index (χ1) is 17.8. The van der Waals surface area contributed by atoms with Gasteiger partial charge in [-0.15, -0.1) is 0 Å². The number of amides is 3. The number of rotatable bonds is 5. The van der Waals surface area contributed by atoms with Gasteiger partial charge in [-0.2, -0.15) is 0 Å². The van der Waals surface area contributed by atoms with Gasteiger partial charge in [-0.25, -0.2) is 36.6 Å². The first-order valence-electron chi connectivity index (χ1n) is 10.5. The molecule has 1 fully saturated rings. The van der Waals surface area contributed by atoms with Crippen LogP contribution < -0.4 is 9.80 Å². The van der Waals surface area contributed by atoms with Gasteiger partial charge in [0.05, 0.1) is 5.69 Å². The molecule has 4 rings (SSSR count). The van der Waals surface area contributed by atoms with Gasteiger partial charge in [-0.1, -0.05) is 46.9 Å². The molecule has 0 spiro atoms. The Morgan fingerprint density at radius 3 is 1.79 bits per heavy atom. The number of anilines is 3. The van der Waals surface area contributed by atoms with Gasteiger partial charge in [0.25, 0.3) is 5.91 Å². The number of aliphatic imine (C=N–C) groups is 1. The van der Waals surface area contributed by atoms with Crippen LogP contribution in [0.4, 0.5) is 43.8 Å². The van der Waals surface area contributed by atoms with E-state index in [-0.39, 0.29) is 17.1 Å². The summed E-state index contributed by atoms with van der Waals surface area (Å²) in [7, 11) is 1.11. The van der Waals surface area contributed by atoms with Crippen molar-refractivity contribution in [1.82, 2.24) is 4.90 Å². The molecular formula is C24H14Cl3F5N4O2. The van der Waals surface area contributed by atoms with E-state index in [1.165, 1.54) is 18.2 Å². The third kappa shape index (κ3) is 5.13. The minimum atomic E-state index is -2.51. The third-order valence-electron chi connectivity index (χ3n) is 5.42. The Kier molecular flexibility index (Phi) is 7.55. The zero-order chi connectivity index (χ0) is 27.9. The molecule has 198 valence electrons. The Morgan fingerprint density at radius 1 is 0.789 bits per heavy atom. The number of alkyl halides is 3. The number of amidine groups is 1. The molecule has 14 heteroatoms. The van der Waals surface area contributed by atoms with Crippen LogP contribution in [0.15, 0.2) is 65.7 Å². The quantitative estimate of drug-likeness (QED) is 0.188. The van der Waals surface area contributed by atoms with E-state index in [0.717, 1.165) is 42.3 Å². The summed E-state index contributed by atoms with van der Waals surface area (Å²) in [5.74, 6) is -7.77. The molecule has 0 aromatic heterocycles. The Hall–Kier alpha value is -3.41. The van der Waals surface area contributed by atoms with Crippen LogP contribution in [0.5, 0.6) is 0 Å². The summed E-state index contributed by atoms with van der Waals surface area (Å²) < 4.78 is 68.0. The lowest BCUT2D eigenvalue weighted by molar-refractivity contribution is -0.119. The largest absolute Gasteiger partial charge is 0.337 e. The topological polar surface area (TPSA) is 56.2 Å². The summed E-state index contributed by atoms with van der Waals surface area (Å²) in [5.41, 5.74) is -0.861. The fourth-order valence-electron chi connectivity index (χ4n) is 3.63. The zero-order valence-corrected chi connectivity index (χ0v) is 21.2. The van der Waals surface area contributed by atoms with Crippen LogP contribution in [0.3, 0.4) is 0 Å². The number of hydrogen-bond donors (Lipinski definition) is 0. The fourth-order valence-corrected chi connectivity index (χ4v) is 4.07. The van der Waals surface area contributed by atoms with Gasteiger partial charge < -0.3 is 4.90 Å². The van der Waals surface area contributed by atoms with Crippen LogP contribution in [-0.4, -0.2) is 39.7 Å². The van der Waals surface area contributed by atoms with Crippen LogP contribution in [0.2, 0.25) is 0 Å². The van der Waals surface area contributed by atoms with Crippen LogP contribution in [0.1, 0.15) is 0 Å². The molecule has 6 nitrogen and oxygen atoms in total. The SMILES string of the molecule is CN1C(=O)/C(=N\C(N(c2ccc(F)c(F)c2)c2ccc(F)c(F)c2)C(Cl)(Cl)Cl)N(c2ccccc2F)C1=O. The summed E-state index contributed by atoms with van der Waals surface area (Å²) in [5, 5.41) is 0. The van der Waals surface area contributed by atoms with E-state index in [1.807, 2.05) is 0 Å². The molecule has 1 saturated heterocycles. The smallest absolute Gasteiger partial charge is 0.315 e. The average molecular weight is 592 g/mol. The van der Waals surface area contributed by atoms with Crippen LogP contribution >= 0.6 is 34.8 Å². The number of hydrogen-bond acceptors (Lipinski definition) is 4. The summed E-state index contributed by atoms with van der Waals surface area (Å²) in [6.45, 7) is 0. The van der Waals surface area contributed by atoms with E-state index in [4.69, 9.17) is 34.8 Å². The molecule has 0 radical (unpaired) electrons. The molecule has 0 bridgehead atoms. The highest BCUT2D eigenvalue weighted by Crippen LogP contribution is 2.42. The summed E-state index contributed by atoms with van der Waals surface area (Å²) in [6, 6.07) is 8.84. The fraction of sp³-hybridized carbons (Fsp3) is 0.125. The molecule has 3 aromatic rings. The monoisotopic (exact) mass is 590 g/mol. The molecule has 1 unspecified atom stereocenters. The highest BCUT2D eigenvalue weighted by atomic mass is 35.6. The van der Waals surface area contributed by atoms with E-state index >= 15 is 0 Å². The van der Waals surface area contributed by atoms with E-state index in [0.29, 0.717) is 21.9 Å². The van der Waals surface area contributed by atoms with Gasteiger partial charge in [0, 0.05) is 30.6 Å². The van der Waals surface area contributed by atoms with Crippen molar-refractivity contribution in [3.8, 4) is 0 Å². The van der Waals surface area contributed by atoms with Crippen molar-refractivity contribution < 1.29 is 31.5 Å². The molecule has 0 aliphatic carbocycles. The number of likely N-dealkylation sites (N-methyl/N-ethyl adjacent to an activating group) is 1. The summed E-state index contributed by atoms with van der Waals surface area (Å²) >= 11 is 18.6. The van der Waals surface area contributed by atoms with Crippen molar-refractivity contribution in [3.05, 3.63) is 89.7 Å². The highest BCUT2D eigenvalue weighted by molar-refractivity contribution is 6.68. The Labute approximate surface area is 227 Å². The predicted octanol–water partition coefficient (Wildman–Crippen LogP) is 6.71. The number of para-hydroxylation sites is 1. The lowest BCUT2D eigenvalue weighted by Crippen LogP contribution is -2.43. The number of halogens is 8. The zero-order valence-electron chi connectivity index (χ0n) is 19.0. The maximum Gasteiger partial charge on any atom is 0.337 e. The number of imide groups is 1. The van der Waals surface area contributed by atoms with Crippen molar-refractivity contribution in [1.29, 1.82) is 0 Å². The molecule has 1 aliphatic rings. The lowest BCUT2D eigenvalue weighted by Gasteiger charge is -2.35. The second kappa shape index (κ2) is 10.4. The van der Waals surface area contributed by atoms with Crippen LogP contribution in [0.25, 0.3) is 0 Å².